The first-order chi connectivity index (χ1) is 12.9. The number of hydrogen-bond donors (Lipinski definition) is 1. The first-order valence-corrected chi connectivity index (χ1v) is 10.9. The van der Waals surface area contributed by atoms with Crippen molar-refractivity contribution in [3.05, 3.63) is 59.2 Å². The van der Waals surface area contributed by atoms with E-state index in [-0.39, 0.29) is 22.8 Å². The highest BCUT2D eigenvalue weighted by Crippen LogP contribution is 2.37. The molecule has 1 aliphatic heterocycles. The third-order valence-corrected chi connectivity index (χ3v) is 6.97. The average molecular weight is 385 g/mol. The van der Waals surface area contributed by atoms with Gasteiger partial charge in [0.15, 0.2) is 0 Å². The van der Waals surface area contributed by atoms with E-state index in [0.717, 1.165) is 35.2 Å². The van der Waals surface area contributed by atoms with E-state index in [1.807, 2.05) is 43.0 Å². The first kappa shape index (κ1) is 18.2. The Morgan fingerprint density at radius 1 is 1.19 bits per heavy atom. The Hall–Kier alpha value is -2.18. The number of rotatable bonds is 5. The molecule has 0 bridgehead atoms. The van der Waals surface area contributed by atoms with Crippen molar-refractivity contribution in [3.8, 4) is 0 Å². The van der Waals surface area contributed by atoms with E-state index in [1.165, 1.54) is 0 Å². The molecular formula is C21H24N2O3S. The minimum absolute atomic E-state index is 0.163. The Balaban J connectivity index is 1.56. The number of sulfonamides is 1. The Kier molecular flexibility index (Phi) is 4.56. The number of hydrogen-bond acceptors (Lipinski definition) is 3. The van der Waals surface area contributed by atoms with Crippen molar-refractivity contribution < 1.29 is 13.2 Å². The Morgan fingerprint density at radius 3 is 2.63 bits per heavy atom. The lowest BCUT2D eigenvalue weighted by Crippen LogP contribution is -2.30. The number of carbonyl (C=O) groups is 1. The van der Waals surface area contributed by atoms with E-state index in [0.29, 0.717) is 13.0 Å². The normalized spacial score (nSPS) is 17.6. The zero-order valence-corrected chi connectivity index (χ0v) is 16.4. The van der Waals surface area contributed by atoms with E-state index in [1.54, 1.807) is 18.2 Å². The predicted octanol–water partition coefficient (Wildman–Crippen LogP) is 3.33. The number of anilines is 1. The van der Waals surface area contributed by atoms with Crippen molar-refractivity contribution in [2.75, 3.05) is 11.4 Å². The van der Waals surface area contributed by atoms with E-state index in [2.05, 4.69) is 4.72 Å². The topological polar surface area (TPSA) is 66.5 Å². The maximum Gasteiger partial charge on any atom is 0.241 e. The van der Waals surface area contributed by atoms with Gasteiger partial charge in [-0.3, -0.25) is 4.79 Å². The Bertz CT molecular complexity index is 996. The van der Waals surface area contributed by atoms with Crippen LogP contribution < -0.4 is 9.62 Å². The van der Waals surface area contributed by atoms with E-state index in [9.17, 15) is 13.2 Å². The molecule has 0 spiro atoms. The highest BCUT2D eigenvalue weighted by molar-refractivity contribution is 7.89. The monoisotopic (exact) mass is 384 g/mol. The molecule has 4 rings (SSSR count). The molecule has 0 radical (unpaired) electrons. The Labute approximate surface area is 160 Å². The molecule has 0 aromatic heterocycles. The summed E-state index contributed by atoms with van der Waals surface area (Å²) in [6.45, 7) is 4.46. The van der Waals surface area contributed by atoms with E-state index < -0.39 is 10.0 Å². The van der Waals surface area contributed by atoms with Crippen LogP contribution in [0.3, 0.4) is 0 Å². The first-order valence-electron chi connectivity index (χ1n) is 9.39. The van der Waals surface area contributed by atoms with Crippen LogP contribution in [0.4, 0.5) is 5.69 Å². The molecule has 1 saturated carbocycles. The van der Waals surface area contributed by atoms with Gasteiger partial charge in [-0.05, 0) is 68.0 Å². The van der Waals surface area contributed by atoms with Crippen molar-refractivity contribution in [3.63, 3.8) is 0 Å². The van der Waals surface area contributed by atoms with Crippen LogP contribution in [0.2, 0.25) is 0 Å². The smallest absolute Gasteiger partial charge is 0.241 e. The van der Waals surface area contributed by atoms with Crippen molar-refractivity contribution in [1.82, 2.24) is 4.72 Å². The lowest BCUT2D eigenvalue weighted by atomic mass is 10.0. The van der Waals surface area contributed by atoms with Gasteiger partial charge >= 0.3 is 0 Å². The van der Waals surface area contributed by atoms with Gasteiger partial charge in [0, 0.05) is 24.2 Å². The van der Waals surface area contributed by atoms with Gasteiger partial charge in [-0.15, -0.1) is 0 Å². The molecule has 1 heterocycles. The van der Waals surface area contributed by atoms with Gasteiger partial charge in [0.25, 0.3) is 0 Å². The molecule has 0 unspecified atom stereocenters. The minimum atomic E-state index is -3.64. The summed E-state index contributed by atoms with van der Waals surface area (Å²) in [5.74, 6) is 0.339. The molecule has 1 atom stereocenters. The molecule has 2 aromatic carbocycles. The molecule has 2 aromatic rings. The van der Waals surface area contributed by atoms with Gasteiger partial charge in [0.2, 0.25) is 15.9 Å². The van der Waals surface area contributed by atoms with Crippen molar-refractivity contribution in [2.45, 2.75) is 44.0 Å². The number of nitrogens with one attached hydrogen (secondary N) is 1. The van der Waals surface area contributed by atoms with Gasteiger partial charge in [-0.1, -0.05) is 24.3 Å². The number of aryl methyl sites for hydroxylation is 1. The van der Waals surface area contributed by atoms with E-state index >= 15 is 0 Å². The van der Waals surface area contributed by atoms with Crippen molar-refractivity contribution in [2.24, 2.45) is 5.92 Å². The summed E-state index contributed by atoms with van der Waals surface area (Å²) in [5.41, 5.74) is 3.80. The molecule has 0 saturated heterocycles. The minimum Gasteiger partial charge on any atom is -0.312 e. The second-order valence-electron chi connectivity index (χ2n) is 7.50. The highest BCUT2D eigenvalue weighted by atomic mass is 32.2. The number of carbonyl (C=O) groups excluding carboxylic acids is 1. The van der Waals surface area contributed by atoms with Gasteiger partial charge in [0.1, 0.15) is 0 Å². The van der Waals surface area contributed by atoms with Crippen molar-refractivity contribution in [1.29, 1.82) is 0 Å². The van der Waals surface area contributed by atoms with Crippen LogP contribution in [0.25, 0.3) is 0 Å². The predicted molar refractivity (Wildman–Crippen MR) is 105 cm³/mol. The molecule has 1 fully saturated rings. The van der Waals surface area contributed by atoms with Gasteiger partial charge in [-0.2, -0.15) is 0 Å². The van der Waals surface area contributed by atoms with E-state index in [4.69, 9.17) is 0 Å². The second kappa shape index (κ2) is 6.77. The maximum absolute atomic E-state index is 12.9. The van der Waals surface area contributed by atoms with Crippen LogP contribution in [-0.4, -0.2) is 20.9 Å². The summed E-state index contributed by atoms with van der Waals surface area (Å²) in [7, 11) is -3.64. The van der Waals surface area contributed by atoms with Crippen LogP contribution in [0.1, 0.15) is 42.5 Å². The molecule has 1 N–H and O–H groups in total. The van der Waals surface area contributed by atoms with Crippen LogP contribution in [-0.2, 0) is 21.2 Å². The molecule has 1 aliphatic carbocycles. The quantitative estimate of drug-likeness (QED) is 0.860. The zero-order valence-electron chi connectivity index (χ0n) is 15.6. The number of nitrogens with zero attached hydrogens (tertiary/aromatic N) is 1. The molecular weight excluding hydrogens is 360 g/mol. The molecule has 1 amide bonds. The fourth-order valence-electron chi connectivity index (χ4n) is 3.76. The van der Waals surface area contributed by atoms with Crippen LogP contribution in [0.5, 0.6) is 0 Å². The lowest BCUT2D eigenvalue weighted by molar-refractivity contribution is -0.119. The third-order valence-electron chi connectivity index (χ3n) is 5.44. The van der Waals surface area contributed by atoms with Crippen LogP contribution in [0, 0.1) is 12.8 Å². The SMILES string of the molecule is Cc1ccccc1[C@H](C)NS(=O)(=O)c1ccc2c(c1)CCN2C(=O)C1CC1. The van der Waals surface area contributed by atoms with Crippen LogP contribution in [0.15, 0.2) is 47.4 Å². The maximum atomic E-state index is 12.9. The summed E-state index contributed by atoms with van der Waals surface area (Å²) < 4.78 is 28.5. The number of amides is 1. The summed E-state index contributed by atoms with van der Waals surface area (Å²) >= 11 is 0. The Morgan fingerprint density at radius 2 is 1.93 bits per heavy atom. The highest BCUT2D eigenvalue weighted by Gasteiger charge is 2.36. The third kappa shape index (κ3) is 3.51. The largest absolute Gasteiger partial charge is 0.312 e. The zero-order chi connectivity index (χ0) is 19.2. The fraction of sp³-hybridized carbons (Fsp3) is 0.381. The lowest BCUT2D eigenvalue weighted by Gasteiger charge is -2.19. The number of benzene rings is 2. The van der Waals surface area contributed by atoms with Gasteiger partial charge in [-0.25, -0.2) is 13.1 Å². The number of fused-ring (bicyclic) bond motifs is 1. The molecule has 6 heteroatoms. The fourth-order valence-corrected chi connectivity index (χ4v) is 5.03. The van der Waals surface area contributed by atoms with Crippen molar-refractivity contribution >= 4 is 21.6 Å². The van der Waals surface area contributed by atoms with Gasteiger partial charge in [0.05, 0.1) is 4.90 Å². The summed E-state index contributed by atoms with van der Waals surface area (Å²) in [4.78, 5) is 14.4. The molecule has 142 valence electrons. The molecule has 2 aliphatic rings. The summed E-state index contributed by atoms with van der Waals surface area (Å²) in [6.07, 6.45) is 2.64. The molecule has 27 heavy (non-hydrogen) atoms. The second-order valence-corrected chi connectivity index (χ2v) is 9.22. The van der Waals surface area contributed by atoms with Gasteiger partial charge < -0.3 is 4.90 Å². The standard InChI is InChI=1S/C21H24N2O3S/c1-14-5-3-4-6-19(14)15(2)22-27(25,26)18-9-10-20-17(13-18)11-12-23(20)21(24)16-7-8-16/h3-6,9-10,13,15-16,22H,7-8,11-12H2,1-2H3/t15-/m0/s1. The molecule has 5 nitrogen and oxygen atoms in total. The van der Waals surface area contributed by atoms with Crippen LogP contribution >= 0.6 is 0 Å². The summed E-state index contributed by atoms with van der Waals surface area (Å²) in [5, 5.41) is 0. The average Bonchev–Trinajstić information content (AvgIpc) is 3.40. The summed E-state index contributed by atoms with van der Waals surface area (Å²) in [6, 6.07) is 12.5.